The smallest absolute Gasteiger partial charge is 0.211 e. The molecule has 10 heteroatoms. The Morgan fingerprint density at radius 2 is 1.93 bits per heavy atom. The van der Waals surface area contributed by atoms with E-state index in [0.717, 1.165) is 56.9 Å². The van der Waals surface area contributed by atoms with Crippen LogP contribution in [0, 0.1) is 19.8 Å². The summed E-state index contributed by atoms with van der Waals surface area (Å²) in [5.74, 6) is 1.32. The maximum absolute atomic E-state index is 11.6. The highest BCUT2D eigenvalue weighted by molar-refractivity contribution is 7.88. The number of nitrogens with zero attached hydrogens (tertiary/aromatic N) is 5. The number of fused-ring (bicyclic) bond motifs is 3. The molecular weight excluding hydrogens is 384 g/mol. The van der Waals surface area contributed by atoms with Crippen LogP contribution < -0.4 is 5.32 Å². The zero-order valence-electron chi connectivity index (χ0n) is 16.0. The summed E-state index contributed by atoms with van der Waals surface area (Å²) in [6, 6.07) is 0. The minimum atomic E-state index is -3.08. The average molecular weight is 409 g/mol. The maximum Gasteiger partial charge on any atom is 0.211 e. The molecule has 4 rings (SSSR count). The first-order chi connectivity index (χ1) is 12.8. The van der Waals surface area contributed by atoms with Crippen molar-refractivity contribution in [3.63, 3.8) is 0 Å². The fraction of sp³-hybridized carbons (Fsp3) is 0.588. The second-order valence-corrected chi connectivity index (χ2v) is 10.3. The summed E-state index contributed by atoms with van der Waals surface area (Å²) in [5.41, 5.74) is 3.18. The van der Waals surface area contributed by atoms with Crippen molar-refractivity contribution < 1.29 is 8.42 Å². The van der Waals surface area contributed by atoms with Crippen LogP contribution in [0.3, 0.4) is 0 Å². The predicted molar refractivity (Wildman–Crippen MR) is 109 cm³/mol. The topological polar surface area (TPSA) is 93.0 Å². The fourth-order valence-electron chi connectivity index (χ4n) is 3.71. The largest absolute Gasteiger partial charge is 0.367 e. The summed E-state index contributed by atoms with van der Waals surface area (Å²) in [7, 11) is -1.12. The summed E-state index contributed by atoms with van der Waals surface area (Å²) >= 11 is 1.62. The Balaban J connectivity index is 1.55. The molecule has 146 valence electrons. The summed E-state index contributed by atoms with van der Waals surface area (Å²) < 4.78 is 27.9. The van der Waals surface area contributed by atoms with Crippen molar-refractivity contribution in [2.75, 3.05) is 31.2 Å². The zero-order valence-corrected chi connectivity index (χ0v) is 17.6. The quantitative estimate of drug-likeness (QED) is 0.712. The van der Waals surface area contributed by atoms with E-state index >= 15 is 0 Å². The van der Waals surface area contributed by atoms with Gasteiger partial charge in [-0.2, -0.15) is 10.2 Å². The van der Waals surface area contributed by atoms with Crippen LogP contribution in [0.25, 0.3) is 20.4 Å². The van der Waals surface area contributed by atoms with E-state index < -0.39 is 10.0 Å². The molecule has 0 aromatic carbocycles. The van der Waals surface area contributed by atoms with Crippen LogP contribution in [-0.2, 0) is 17.1 Å². The van der Waals surface area contributed by atoms with Gasteiger partial charge in [0, 0.05) is 32.1 Å². The van der Waals surface area contributed by atoms with Crippen LogP contribution >= 0.6 is 11.3 Å². The van der Waals surface area contributed by atoms with E-state index in [9.17, 15) is 8.42 Å². The Kier molecular flexibility index (Phi) is 4.59. The monoisotopic (exact) mass is 408 g/mol. The molecule has 3 aromatic rings. The molecule has 0 spiro atoms. The van der Waals surface area contributed by atoms with E-state index in [4.69, 9.17) is 0 Å². The third kappa shape index (κ3) is 3.30. The summed E-state index contributed by atoms with van der Waals surface area (Å²) in [5, 5.41) is 17.9. The van der Waals surface area contributed by atoms with Crippen LogP contribution in [0.2, 0.25) is 0 Å². The highest BCUT2D eigenvalue weighted by Gasteiger charge is 2.25. The highest BCUT2D eigenvalue weighted by Crippen LogP contribution is 2.38. The Hall–Kier alpha value is -1.78. The van der Waals surface area contributed by atoms with Crippen molar-refractivity contribution in [3.8, 4) is 0 Å². The van der Waals surface area contributed by atoms with Gasteiger partial charge in [-0.15, -0.1) is 16.4 Å². The molecule has 27 heavy (non-hydrogen) atoms. The predicted octanol–water partition coefficient (Wildman–Crippen LogP) is 2.28. The molecule has 0 unspecified atom stereocenters. The molecule has 0 aliphatic carbocycles. The van der Waals surface area contributed by atoms with E-state index in [-0.39, 0.29) is 0 Å². The number of hydrogen-bond acceptors (Lipinski definition) is 7. The van der Waals surface area contributed by atoms with Gasteiger partial charge in [-0.25, -0.2) is 12.7 Å². The van der Waals surface area contributed by atoms with Crippen LogP contribution in [0.15, 0.2) is 0 Å². The van der Waals surface area contributed by atoms with Crippen LogP contribution in [0.4, 0.5) is 5.82 Å². The third-order valence-corrected chi connectivity index (χ3v) is 7.84. The molecule has 0 atom stereocenters. The third-order valence-electron chi connectivity index (χ3n) is 5.46. The SMILES string of the molecule is Cc1nnc2sc3c(NCC4CCN(S(C)(=O)=O)CC4)nn(C)c3c2c1C. The number of rotatable bonds is 4. The van der Waals surface area contributed by atoms with Crippen molar-refractivity contribution >= 4 is 47.6 Å². The molecule has 1 fully saturated rings. The van der Waals surface area contributed by atoms with Gasteiger partial charge in [-0.1, -0.05) is 0 Å². The van der Waals surface area contributed by atoms with E-state index in [0.29, 0.717) is 19.0 Å². The molecule has 0 radical (unpaired) electrons. The number of hydrogen-bond donors (Lipinski definition) is 1. The second kappa shape index (κ2) is 6.68. The Bertz CT molecular complexity index is 1110. The molecule has 0 saturated carbocycles. The number of aromatic nitrogens is 4. The van der Waals surface area contributed by atoms with E-state index in [1.165, 1.54) is 6.26 Å². The van der Waals surface area contributed by atoms with Gasteiger partial charge in [-0.3, -0.25) is 4.68 Å². The molecule has 8 nitrogen and oxygen atoms in total. The number of piperidine rings is 1. The van der Waals surface area contributed by atoms with Gasteiger partial charge in [0.1, 0.15) is 4.83 Å². The molecule has 1 aliphatic heterocycles. The fourth-order valence-corrected chi connectivity index (χ4v) is 5.75. The molecule has 1 saturated heterocycles. The highest BCUT2D eigenvalue weighted by atomic mass is 32.2. The van der Waals surface area contributed by atoms with E-state index in [2.05, 4.69) is 27.5 Å². The lowest BCUT2D eigenvalue weighted by atomic mass is 9.98. The van der Waals surface area contributed by atoms with Gasteiger partial charge in [0.15, 0.2) is 5.82 Å². The van der Waals surface area contributed by atoms with Gasteiger partial charge < -0.3 is 5.32 Å². The van der Waals surface area contributed by atoms with Crippen molar-refractivity contribution in [3.05, 3.63) is 11.3 Å². The number of aryl methyl sites for hydroxylation is 3. The molecule has 3 aromatic heterocycles. The average Bonchev–Trinajstić information content (AvgIpc) is 3.14. The first-order valence-electron chi connectivity index (χ1n) is 9.03. The van der Waals surface area contributed by atoms with E-state index in [1.807, 2.05) is 18.7 Å². The number of anilines is 1. The molecule has 4 heterocycles. The molecule has 1 N–H and O–H groups in total. The van der Waals surface area contributed by atoms with Gasteiger partial charge >= 0.3 is 0 Å². The van der Waals surface area contributed by atoms with Gasteiger partial charge in [0.2, 0.25) is 10.0 Å². The Labute approximate surface area is 162 Å². The van der Waals surface area contributed by atoms with Crippen molar-refractivity contribution in [2.24, 2.45) is 13.0 Å². The van der Waals surface area contributed by atoms with Crippen molar-refractivity contribution in [2.45, 2.75) is 26.7 Å². The van der Waals surface area contributed by atoms with Crippen molar-refractivity contribution in [1.29, 1.82) is 0 Å². The minimum Gasteiger partial charge on any atom is -0.367 e. The van der Waals surface area contributed by atoms with Crippen molar-refractivity contribution in [1.82, 2.24) is 24.3 Å². The van der Waals surface area contributed by atoms with E-state index in [1.54, 1.807) is 15.6 Å². The molecule has 1 aliphatic rings. The lowest BCUT2D eigenvalue weighted by molar-refractivity contribution is 0.283. The normalized spacial score (nSPS) is 17.2. The van der Waals surface area contributed by atoms with Gasteiger partial charge in [0.25, 0.3) is 0 Å². The Morgan fingerprint density at radius 1 is 1.22 bits per heavy atom. The summed E-state index contributed by atoms with van der Waals surface area (Å²) in [6.45, 7) is 6.04. The Morgan fingerprint density at radius 3 is 2.59 bits per heavy atom. The number of sulfonamides is 1. The number of nitrogens with one attached hydrogen (secondary N) is 1. The lowest BCUT2D eigenvalue weighted by Crippen LogP contribution is -2.39. The molecule has 0 bridgehead atoms. The van der Waals surface area contributed by atoms with Gasteiger partial charge in [0.05, 0.1) is 22.2 Å². The molecule has 0 amide bonds. The first kappa shape index (κ1) is 18.6. The summed E-state index contributed by atoms with van der Waals surface area (Å²) in [4.78, 5) is 0.936. The zero-order chi connectivity index (χ0) is 19.3. The minimum absolute atomic E-state index is 0.443. The number of thiophene rings is 1. The lowest BCUT2D eigenvalue weighted by Gasteiger charge is -2.30. The summed E-state index contributed by atoms with van der Waals surface area (Å²) in [6.07, 6.45) is 3.02. The van der Waals surface area contributed by atoms with Crippen LogP contribution in [0.5, 0.6) is 0 Å². The second-order valence-electron chi connectivity index (χ2n) is 7.33. The standard InChI is InChI=1S/C17H24N6O2S2/c1-10-11(2)19-20-17-13(10)14-15(26-17)16(21-22(14)3)18-9-12-5-7-23(8-6-12)27(4,24)25/h12H,5-9H2,1-4H3,(H,18,21). The van der Waals surface area contributed by atoms with Crippen LogP contribution in [-0.4, -0.2) is 58.6 Å². The maximum atomic E-state index is 11.6. The van der Waals surface area contributed by atoms with Crippen LogP contribution in [0.1, 0.15) is 24.1 Å². The molecular formula is C17H24N6O2S2. The van der Waals surface area contributed by atoms with Gasteiger partial charge in [-0.05, 0) is 38.2 Å². The first-order valence-corrected chi connectivity index (χ1v) is 11.7.